The van der Waals surface area contributed by atoms with Gasteiger partial charge in [-0.25, -0.2) is 4.79 Å². The molecule has 27 heavy (non-hydrogen) atoms. The molecule has 0 aromatic carbocycles. The SMILES string of the molecule is C1COCCO1.C[C@H](N)C(=O)N[C@@]1(C(=O)O)CC2(CC2)[C@H]2[C@H](C(=O)O)[C@H]21.Cl. The van der Waals surface area contributed by atoms with Crippen LogP contribution in [0.5, 0.6) is 0 Å². The third kappa shape index (κ3) is 3.91. The molecule has 154 valence electrons. The molecular formula is C17H27ClN2O7. The summed E-state index contributed by atoms with van der Waals surface area (Å²) in [5, 5.41) is 21.4. The minimum atomic E-state index is -1.46. The number of aliphatic carboxylic acids is 2. The maximum atomic E-state index is 11.8. The highest BCUT2D eigenvalue weighted by Gasteiger charge is 2.82. The van der Waals surface area contributed by atoms with Crippen LogP contribution in [0.25, 0.3) is 0 Å². The first-order valence-corrected chi connectivity index (χ1v) is 8.94. The van der Waals surface area contributed by atoms with Crippen molar-refractivity contribution in [3.8, 4) is 0 Å². The quantitative estimate of drug-likeness (QED) is 0.504. The normalized spacial score (nSPS) is 35.6. The molecule has 1 heterocycles. The fraction of sp³-hybridized carbons (Fsp3) is 0.824. The Morgan fingerprint density at radius 3 is 1.93 bits per heavy atom. The van der Waals surface area contributed by atoms with Crippen LogP contribution in [0.3, 0.4) is 0 Å². The Balaban J connectivity index is 0.000000320. The van der Waals surface area contributed by atoms with Crippen LogP contribution in [0.4, 0.5) is 0 Å². The van der Waals surface area contributed by atoms with E-state index in [1.807, 2.05) is 0 Å². The lowest BCUT2D eigenvalue weighted by Crippen LogP contribution is -2.59. The number of nitrogens with two attached hydrogens (primary N) is 1. The van der Waals surface area contributed by atoms with Crippen LogP contribution in [0.15, 0.2) is 0 Å². The summed E-state index contributed by atoms with van der Waals surface area (Å²) >= 11 is 0. The lowest BCUT2D eigenvalue weighted by molar-refractivity contribution is -0.150. The number of fused-ring (bicyclic) bond motifs is 2. The van der Waals surface area contributed by atoms with Gasteiger partial charge in [0.25, 0.3) is 0 Å². The molecule has 3 saturated carbocycles. The van der Waals surface area contributed by atoms with Crippen LogP contribution in [-0.2, 0) is 23.9 Å². The Morgan fingerprint density at radius 2 is 1.59 bits per heavy atom. The summed E-state index contributed by atoms with van der Waals surface area (Å²) in [6.07, 6.45) is 2.02. The largest absolute Gasteiger partial charge is 0.481 e. The molecular weight excluding hydrogens is 380 g/mol. The molecule has 0 unspecified atom stereocenters. The molecule has 0 bridgehead atoms. The van der Waals surface area contributed by atoms with Gasteiger partial charge in [-0.2, -0.15) is 0 Å². The summed E-state index contributed by atoms with van der Waals surface area (Å²) in [6, 6.07) is -0.817. The van der Waals surface area contributed by atoms with Gasteiger partial charge in [0.15, 0.2) is 0 Å². The second-order valence-electron chi connectivity index (χ2n) is 7.73. The van der Waals surface area contributed by atoms with E-state index in [4.69, 9.17) is 15.2 Å². The number of halogens is 1. The molecule has 0 radical (unpaired) electrons. The predicted molar refractivity (Wildman–Crippen MR) is 95.4 cm³/mol. The van der Waals surface area contributed by atoms with E-state index in [2.05, 4.69) is 5.32 Å². The van der Waals surface area contributed by atoms with Crippen molar-refractivity contribution in [1.82, 2.24) is 5.32 Å². The van der Waals surface area contributed by atoms with Gasteiger partial charge in [0.1, 0.15) is 5.54 Å². The number of nitrogens with one attached hydrogen (secondary N) is 1. The van der Waals surface area contributed by atoms with Gasteiger partial charge >= 0.3 is 11.9 Å². The summed E-state index contributed by atoms with van der Waals surface area (Å²) in [5.41, 5.74) is 3.83. The van der Waals surface area contributed by atoms with Gasteiger partial charge in [-0.15, -0.1) is 12.4 Å². The fourth-order valence-corrected chi connectivity index (χ4v) is 4.63. The molecule has 5 atom stereocenters. The van der Waals surface area contributed by atoms with Crippen molar-refractivity contribution in [3.05, 3.63) is 0 Å². The third-order valence-corrected chi connectivity index (χ3v) is 5.99. The van der Waals surface area contributed by atoms with Crippen LogP contribution in [0.1, 0.15) is 26.2 Å². The summed E-state index contributed by atoms with van der Waals surface area (Å²) in [5.74, 6) is -3.94. The van der Waals surface area contributed by atoms with E-state index in [1.54, 1.807) is 0 Å². The van der Waals surface area contributed by atoms with Gasteiger partial charge in [-0.05, 0) is 37.5 Å². The number of carbonyl (C=O) groups excluding carboxylic acids is 1. The zero-order chi connectivity index (χ0) is 19.1. The number of rotatable bonds is 4. The number of carbonyl (C=O) groups is 3. The van der Waals surface area contributed by atoms with Crippen molar-refractivity contribution >= 4 is 30.3 Å². The summed E-state index contributed by atoms with van der Waals surface area (Å²) < 4.78 is 9.89. The van der Waals surface area contributed by atoms with Crippen molar-refractivity contribution in [2.24, 2.45) is 28.9 Å². The number of amides is 1. The molecule has 4 aliphatic rings. The van der Waals surface area contributed by atoms with Crippen LogP contribution >= 0.6 is 12.4 Å². The molecule has 1 amide bonds. The van der Waals surface area contributed by atoms with E-state index in [-0.39, 0.29) is 23.7 Å². The third-order valence-electron chi connectivity index (χ3n) is 5.99. The number of hydrogen-bond donors (Lipinski definition) is 4. The van der Waals surface area contributed by atoms with Crippen LogP contribution in [-0.4, -0.2) is 66.1 Å². The Hall–Kier alpha value is -1.42. The Bertz CT molecular complexity index is 595. The molecule has 5 N–H and O–H groups in total. The number of carboxylic acids is 2. The molecule has 1 saturated heterocycles. The van der Waals surface area contributed by atoms with Crippen molar-refractivity contribution in [2.45, 2.75) is 37.8 Å². The Kier molecular flexibility index (Phi) is 6.40. The van der Waals surface area contributed by atoms with Crippen molar-refractivity contribution in [1.29, 1.82) is 0 Å². The van der Waals surface area contributed by atoms with Crippen LogP contribution in [0, 0.1) is 23.2 Å². The maximum absolute atomic E-state index is 11.8. The van der Waals surface area contributed by atoms with Gasteiger partial charge in [0, 0.05) is 5.92 Å². The molecule has 1 spiro atoms. The monoisotopic (exact) mass is 406 g/mol. The first-order valence-electron chi connectivity index (χ1n) is 8.94. The minimum Gasteiger partial charge on any atom is -0.481 e. The highest BCUT2D eigenvalue weighted by Crippen LogP contribution is 2.78. The molecule has 4 rings (SSSR count). The molecule has 4 fully saturated rings. The maximum Gasteiger partial charge on any atom is 0.329 e. The number of carboxylic acid groups (broad SMARTS) is 2. The Labute approximate surface area is 163 Å². The first kappa shape index (κ1) is 21.9. The molecule has 10 heteroatoms. The van der Waals surface area contributed by atoms with Gasteiger partial charge in [0.05, 0.1) is 38.4 Å². The summed E-state index contributed by atoms with van der Waals surface area (Å²) in [4.78, 5) is 34.9. The standard InChI is InChI=1S/C13H18N2O5.C4H8O2.ClH/c1-5(14)9(16)15-13(11(19)20)4-12(2-3-12)7-6(8(7)13)10(17)18;1-2-6-4-3-5-1;/h5-8H,2-4,14H2,1H3,(H,15,16)(H,17,18)(H,19,20);1-4H2;1H/t5-,6-,7-,8+,13-;;/m0../s1. The van der Waals surface area contributed by atoms with E-state index in [0.717, 1.165) is 39.3 Å². The van der Waals surface area contributed by atoms with Crippen molar-refractivity contribution < 1.29 is 34.1 Å². The van der Waals surface area contributed by atoms with Crippen molar-refractivity contribution in [3.63, 3.8) is 0 Å². The van der Waals surface area contributed by atoms with Gasteiger partial charge in [-0.3, -0.25) is 9.59 Å². The second-order valence-corrected chi connectivity index (χ2v) is 7.73. The first-order chi connectivity index (χ1) is 12.3. The van der Waals surface area contributed by atoms with Gasteiger partial charge in [-0.1, -0.05) is 0 Å². The average molecular weight is 407 g/mol. The van der Waals surface area contributed by atoms with Crippen LogP contribution < -0.4 is 11.1 Å². The predicted octanol–water partition coefficient (Wildman–Crippen LogP) is -0.141. The Morgan fingerprint density at radius 1 is 1.07 bits per heavy atom. The topological polar surface area (TPSA) is 148 Å². The zero-order valence-electron chi connectivity index (χ0n) is 15.2. The fourth-order valence-electron chi connectivity index (χ4n) is 4.63. The van der Waals surface area contributed by atoms with E-state index in [9.17, 15) is 24.6 Å². The van der Waals surface area contributed by atoms with E-state index >= 15 is 0 Å². The zero-order valence-corrected chi connectivity index (χ0v) is 16.0. The molecule has 9 nitrogen and oxygen atoms in total. The van der Waals surface area contributed by atoms with E-state index in [1.165, 1.54) is 6.92 Å². The van der Waals surface area contributed by atoms with E-state index in [0.29, 0.717) is 6.42 Å². The lowest BCUT2D eigenvalue weighted by atomic mass is 9.84. The molecule has 0 aromatic heterocycles. The smallest absolute Gasteiger partial charge is 0.329 e. The molecule has 0 aromatic rings. The molecule has 1 aliphatic heterocycles. The number of hydrogen-bond acceptors (Lipinski definition) is 6. The number of ether oxygens (including phenoxy) is 2. The minimum absolute atomic E-state index is 0. The summed E-state index contributed by atoms with van der Waals surface area (Å²) in [6.45, 7) is 4.59. The molecule has 3 aliphatic carbocycles. The second kappa shape index (κ2) is 7.90. The highest BCUT2D eigenvalue weighted by atomic mass is 35.5. The van der Waals surface area contributed by atoms with Gasteiger partial charge < -0.3 is 30.7 Å². The summed E-state index contributed by atoms with van der Waals surface area (Å²) in [7, 11) is 0. The lowest BCUT2D eigenvalue weighted by Gasteiger charge is -2.31. The highest BCUT2D eigenvalue weighted by molar-refractivity contribution is 5.92. The van der Waals surface area contributed by atoms with Gasteiger partial charge in [0.2, 0.25) is 5.91 Å². The van der Waals surface area contributed by atoms with Crippen LogP contribution in [0.2, 0.25) is 0 Å². The van der Waals surface area contributed by atoms with E-state index < -0.39 is 41.3 Å². The van der Waals surface area contributed by atoms with Crippen molar-refractivity contribution in [2.75, 3.05) is 26.4 Å². The average Bonchev–Trinajstić information content (AvgIpc) is 3.48.